The predicted octanol–water partition coefficient (Wildman–Crippen LogP) is 1.58. The van der Waals surface area contributed by atoms with Crippen LogP contribution in [-0.2, 0) is 6.54 Å². The number of nitrogens with zero attached hydrogens (tertiary/aromatic N) is 4. The molecule has 112 valence electrons. The topological polar surface area (TPSA) is 84.7 Å². The van der Waals surface area contributed by atoms with E-state index in [4.69, 9.17) is 11.6 Å². The summed E-state index contributed by atoms with van der Waals surface area (Å²) in [6.45, 7) is 3.93. The summed E-state index contributed by atoms with van der Waals surface area (Å²) in [6, 6.07) is 1.61. The van der Waals surface area contributed by atoms with Gasteiger partial charge in [-0.05, 0) is 19.4 Å². The highest BCUT2D eigenvalue weighted by Crippen LogP contribution is 2.19. The van der Waals surface area contributed by atoms with Crippen LogP contribution in [-0.4, -0.2) is 39.0 Å². The van der Waals surface area contributed by atoms with Crippen LogP contribution < -0.4 is 10.6 Å². The van der Waals surface area contributed by atoms with Crippen LogP contribution in [0.4, 0.5) is 5.82 Å². The first-order valence-corrected chi connectivity index (χ1v) is 7.10. The number of hydrogen-bond acceptors (Lipinski definition) is 5. The first kappa shape index (κ1) is 15.2. The summed E-state index contributed by atoms with van der Waals surface area (Å²) in [5, 5.41) is 13.8. The zero-order chi connectivity index (χ0) is 15.1. The van der Waals surface area contributed by atoms with Crippen LogP contribution in [0.15, 0.2) is 24.7 Å². The molecule has 0 unspecified atom stereocenters. The third kappa shape index (κ3) is 4.42. The Bertz CT molecular complexity index is 586. The van der Waals surface area contributed by atoms with E-state index in [1.54, 1.807) is 23.1 Å². The third-order valence-corrected chi connectivity index (χ3v) is 3.06. The van der Waals surface area contributed by atoms with Crippen molar-refractivity contribution in [2.75, 3.05) is 18.4 Å². The number of halogens is 1. The minimum absolute atomic E-state index is 0.189. The van der Waals surface area contributed by atoms with Crippen molar-refractivity contribution >= 4 is 23.3 Å². The Balaban J connectivity index is 1.81. The number of carbonyl (C=O) groups is 1. The Morgan fingerprint density at radius 3 is 3.00 bits per heavy atom. The lowest BCUT2D eigenvalue weighted by Gasteiger charge is -2.08. The molecule has 8 heteroatoms. The summed E-state index contributed by atoms with van der Waals surface area (Å²) in [7, 11) is 0. The Labute approximate surface area is 127 Å². The van der Waals surface area contributed by atoms with E-state index >= 15 is 0 Å². The van der Waals surface area contributed by atoms with Gasteiger partial charge in [0, 0.05) is 32.0 Å². The standard InChI is InChI=1S/C13H17ClN6O/c1-2-15-12-11(14)8-10(9-17-12)13(21)16-4-3-6-20-7-5-18-19-20/h5,7-9H,2-4,6H2,1H3,(H,15,17)(H,16,21). The lowest BCUT2D eigenvalue weighted by Crippen LogP contribution is -2.25. The molecule has 2 rings (SSSR count). The van der Waals surface area contributed by atoms with Crippen molar-refractivity contribution in [3.63, 3.8) is 0 Å². The molecule has 2 N–H and O–H groups in total. The van der Waals surface area contributed by atoms with Gasteiger partial charge in [-0.25, -0.2) is 4.98 Å². The van der Waals surface area contributed by atoms with Crippen molar-refractivity contribution in [1.82, 2.24) is 25.3 Å². The van der Waals surface area contributed by atoms with Crippen LogP contribution >= 0.6 is 11.6 Å². The smallest absolute Gasteiger partial charge is 0.252 e. The molecule has 0 aromatic carbocycles. The van der Waals surface area contributed by atoms with Gasteiger partial charge in [0.2, 0.25) is 0 Å². The van der Waals surface area contributed by atoms with Crippen molar-refractivity contribution in [2.24, 2.45) is 0 Å². The highest BCUT2D eigenvalue weighted by atomic mass is 35.5. The minimum atomic E-state index is -0.189. The highest BCUT2D eigenvalue weighted by Gasteiger charge is 2.09. The van der Waals surface area contributed by atoms with Crippen molar-refractivity contribution in [2.45, 2.75) is 19.9 Å². The summed E-state index contributed by atoms with van der Waals surface area (Å²) in [5.74, 6) is 0.396. The van der Waals surface area contributed by atoms with Gasteiger partial charge in [0.15, 0.2) is 0 Å². The van der Waals surface area contributed by atoms with Crippen LogP contribution in [0.5, 0.6) is 0 Å². The lowest BCUT2D eigenvalue weighted by atomic mass is 10.2. The van der Waals surface area contributed by atoms with Crippen molar-refractivity contribution in [3.05, 3.63) is 35.2 Å². The third-order valence-electron chi connectivity index (χ3n) is 2.77. The molecule has 21 heavy (non-hydrogen) atoms. The number of amides is 1. The molecule has 0 aliphatic heterocycles. The zero-order valence-electron chi connectivity index (χ0n) is 11.7. The van der Waals surface area contributed by atoms with Gasteiger partial charge in [0.25, 0.3) is 5.91 Å². The van der Waals surface area contributed by atoms with E-state index in [2.05, 4.69) is 25.9 Å². The van der Waals surface area contributed by atoms with E-state index in [1.165, 1.54) is 6.20 Å². The maximum Gasteiger partial charge on any atom is 0.252 e. The second-order valence-electron chi connectivity index (χ2n) is 4.36. The maximum atomic E-state index is 12.0. The van der Waals surface area contributed by atoms with Gasteiger partial charge in [-0.1, -0.05) is 16.8 Å². The van der Waals surface area contributed by atoms with E-state index in [1.807, 2.05) is 6.92 Å². The quantitative estimate of drug-likeness (QED) is 0.759. The number of aromatic nitrogens is 4. The predicted molar refractivity (Wildman–Crippen MR) is 80.4 cm³/mol. The molecule has 2 aromatic heterocycles. The molecule has 2 aromatic rings. The van der Waals surface area contributed by atoms with Crippen LogP contribution in [0, 0.1) is 0 Å². The largest absolute Gasteiger partial charge is 0.369 e. The first-order chi connectivity index (χ1) is 10.2. The van der Waals surface area contributed by atoms with Crippen molar-refractivity contribution in [1.29, 1.82) is 0 Å². The maximum absolute atomic E-state index is 12.0. The Kier molecular flexibility index (Phi) is 5.51. The van der Waals surface area contributed by atoms with Crippen LogP contribution in [0.2, 0.25) is 5.02 Å². The van der Waals surface area contributed by atoms with Crippen LogP contribution in [0.1, 0.15) is 23.7 Å². The van der Waals surface area contributed by atoms with Crippen LogP contribution in [0.25, 0.3) is 0 Å². The molecule has 0 radical (unpaired) electrons. The first-order valence-electron chi connectivity index (χ1n) is 6.72. The summed E-state index contributed by atoms with van der Waals surface area (Å²) in [4.78, 5) is 16.1. The molecule has 0 atom stereocenters. The van der Waals surface area contributed by atoms with Gasteiger partial charge in [-0.15, -0.1) is 5.10 Å². The van der Waals surface area contributed by atoms with E-state index in [0.29, 0.717) is 29.5 Å². The van der Waals surface area contributed by atoms with Gasteiger partial charge in [0.1, 0.15) is 5.82 Å². The molecule has 0 saturated carbocycles. The normalized spacial score (nSPS) is 10.4. The van der Waals surface area contributed by atoms with E-state index in [0.717, 1.165) is 13.0 Å². The average molecular weight is 309 g/mol. The fourth-order valence-electron chi connectivity index (χ4n) is 1.76. The van der Waals surface area contributed by atoms with E-state index < -0.39 is 0 Å². The van der Waals surface area contributed by atoms with Gasteiger partial charge >= 0.3 is 0 Å². The summed E-state index contributed by atoms with van der Waals surface area (Å²) in [5.41, 5.74) is 0.447. The SMILES string of the molecule is CCNc1ncc(C(=O)NCCCn2ccnn2)cc1Cl. The minimum Gasteiger partial charge on any atom is -0.369 e. The molecule has 0 fully saturated rings. The molecule has 0 aliphatic carbocycles. The van der Waals surface area contributed by atoms with E-state index in [9.17, 15) is 4.79 Å². The Morgan fingerprint density at radius 1 is 1.48 bits per heavy atom. The number of rotatable bonds is 7. The molecular weight excluding hydrogens is 292 g/mol. The number of anilines is 1. The van der Waals surface area contributed by atoms with Gasteiger partial charge in [0.05, 0.1) is 16.8 Å². The average Bonchev–Trinajstić information content (AvgIpc) is 2.99. The van der Waals surface area contributed by atoms with E-state index in [-0.39, 0.29) is 5.91 Å². The van der Waals surface area contributed by atoms with Crippen molar-refractivity contribution in [3.8, 4) is 0 Å². The molecule has 7 nitrogen and oxygen atoms in total. The summed E-state index contributed by atoms with van der Waals surface area (Å²) in [6.07, 6.45) is 5.69. The second-order valence-corrected chi connectivity index (χ2v) is 4.77. The van der Waals surface area contributed by atoms with Crippen molar-refractivity contribution < 1.29 is 4.79 Å². The lowest BCUT2D eigenvalue weighted by molar-refractivity contribution is 0.0952. The molecule has 1 amide bonds. The monoisotopic (exact) mass is 308 g/mol. The molecule has 0 aliphatic rings. The van der Waals surface area contributed by atoms with Gasteiger partial charge in [-0.3, -0.25) is 9.48 Å². The molecule has 0 saturated heterocycles. The van der Waals surface area contributed by atoms with Crippen LogP contribution in [0.3, 0.4) is 0 Å². The summed E-state index contributed by atoms with van der Waals surface area (Å²) >= 11 is 6.06. The number of nitrogens with one attached hydrogen (secondary N) is 2. The van der Waals surface area contributed by atoms with Gasteiger partial charge < -0.3 is 10.6 Å². The highest BCUT2D eigenvalue weighted by molar-refractivity contribution is 6.33. The Morgan fingerprint density at radius 2 is 2.33 bits per heavy atom. The second kappa shape index (κ2) is 7.58. The van der Waals surface area contributed by atoms with Gasteiger partial charge in [-0.2, -0.15) is 0 Å². The number of pyridine rings is 1. The molecule has 0 bridgehead atoms. The number of aryl methyl sites for hydroxylation is 1. The molecule has 2 heterocycles. The molecule has 0 spiro atoms. The zero-order valence-corrected chi connectivity index (χ0v) is 12.5. The summed E-state index contributed by atoms with van der Waals surface area (Å²) < 4.78 is 1.72. The fraction of sp³-hybridized carbons (Fsp3) is 0.385. The number of hydrogen-bond donors (Lipinski definition) is 2. The fourth-order valence-corrected chi connectivity index (χ4v) is 1.99. The number of carbonyl (C=O) groups excluding carboxylic acids is 1. The molecular formula is C13H17ClN6O. The Hall–Kier alpha value is -2.15.